The van der Waals surface area contributed by atoms with Gasteiger partial charge in [-0.1, -0.05) is 42.5 Å². The highest BCUT2D eigenvalue weighted by molar-refractivity contribution is 8.02. The van der Waals surface area contributed by atoms with Crippen LogP contribution in [0.5, 0.6) is 0 Å². The van der Waals surface area contributed by atoms with Gasteiger partial charge in [0.2, 0.25) is 0 Å². The number of hydrogen-bond acceptors (Lipinski definition) is 4. The SMILES string of the molecule is C=S(=O)(Nc1cccc(-c2ccc(N(CC)Cc3ccccc3)nn2)c1)C(F)(F)F. The number of hydrogen-bond donors (Lipinski definition) is 1. The fourth-order valence-corrected chi connectivity index (χ4v) is 3.42. The van der Waals surface area contributed by atoms with Crippen molar-refractivity contribution in [3.05, 3.63) is 72.3 Å². The van der Waals surface area contributed by atoms with E-state index in [4.69, 9.17) is 0 Å². The Labute approximate surface area is 173 Å². The van der Waals surface area contributed by atoms with Crippen LogP contribution < -0.4 is 9.62 Å². The molecular weight excluding hydrogens is 413 g/mol. The zero-order valence-electron chi connectivity index (χ0n) is 16.3. The molecular formula is C21H21F3N4OS. The van der Waals surface area contributed by atoms with E-state index in [2.05, 4.69) is 21.0 Å². The molecule has 30 heavy (non-hydrogen) atoms. The summed E-state index contributed by atoms with van der Waals surface area (Å²) in [4.78, 5) is 2.06. The molecule has 3 rings (SSSR count). The molecule has 0 spiro atoms. The maximum Gasteiger partial charge on any atom is 0.481 e. The highest BCUT2D eigenvalue weighted by Gasteiger charge is 2.39. The molecule has 0 aliphatic carbocycles. The molecule has 0 fully saturated rings. The summed E-state index contributed by atoms with van der Waals surface area (Å²) in [5.41, 5.74) is -2.74. The summed E-state index contributed by atoms with van der Waals surface area (Å²) < 4.78 is 52.2. The van der Waals surface area contributed by atoms with Crippen LogP contribution in [0.1, 0.15) is 12.5 Å². The second-order valence-electron chi connectivity index (χ2n) is 6.58. The third kappa shape index (κ3) is 5.10. The van der Waals surface area contributed by atoms with Crippen LogP contribution in [-0.4, -0.2) is 32.3 Å². The normalized spacial score (nSPS) is 13.5. The van der Waals surface area contributed by atoms with Crippen LogP contribution in [0.25, 0.3) is 11.3 Å². The van der Waals surface area contributed by atoms with Gasteiger partial charge in [0.15, 0.2) is 5.82 Å². The Hall–Kier alpha value is -3.07. The summed E-state index contributed by atoms with van der Waals surface area (Å²) in [6.45, 7) is 3.43. The largest absolute Gasteiger partial charge is 0.481 e. The topological polar surface area (TPSA) is 58.1 Å². The van der Waals surface area contributed by atoms with E-state index in [0.717, 1.165) is 12.1 Å². The maximum absolute atomic E-state index is 12.8. The Morgan fingerprint density at radius 3 is 2.37 bits per heavy atom. The van der Waals surface area contributed by atoms with Gasteiger partial charge in [0, 0.05) is 24.3 Å². The van der Waals surface area contributed by atoms with Crippen molar-refractivity contribution in [2.75, 3.05) is 16.2 Å². The van der Waals surface area contributed by atoms with Gasteiger partial charge in [-0.15, -0.1) is 10.2 Å². The quantitative estimate of drug-likeness (QED) is 0.546. The van der Waals surface area contributed by atoms with E-state index in [-0.39, 0.29) is 5.69 Å². The minimum atomic E-state index is -4.95. The van der Waals surface area contributed by atoms with Crippen LogP contribution in [-0.2, 0) is 16.3 Å². The van der Waals surface area contributed by atoms with Crippen molar-refractivity contribution in [1.82, 2.24) is 10.2 Å². The molecule has 1 unspecified atom stereocenters. The number of aromatic nitrogens is 2. The lowest BCUT2D eigenvalue weighted by Gasteiger charge is -2.21. The molecule has 2 aromatic carbocycles. The number of nitrogens with one attached hydrogen (secondary N) is 1. The molecule has 0 radical (unpaired) electrons. The van der Waals surface area contributed by atoms with Gasteiger partial charge in [-0.05, 0) is 42.6 Å². The molecule has 9 heteroatoms. The molecule has 1 aromatic heterocycles. The van der Waals surface area contributed by atoms with Gasteiger partial charge in [-0.3, -0.25) is 0 Å². The van der Waals surface area contributed by atoms with Crippen LogP contribution >= 0.6 is 0 Å². The van der Waals surface area contributed by atoms with Crippen molar-refractivity contribution < 1.29 is 17.4 Å². The zero-order valence-corrected chi connectivity index (χ0v) is 17.1. The Morgan fingerprint density at radius 1 is 1.03 bits per heavy atom. The summed E-state index contributed by atoms with van der Waals surface area (Å²) >= 11 is 0. The Morgan fingerprint density at radius 2 is 1.77 bits per heavy atom. The van der Waals surface area contributed by atoms with Crippen molar-refractivity contribution in [3.8, 4) is 11.3 Å². The van der Waals surface area contributed by atoms with E-state index in [1.807, 2.05) is 48.0 Å². The first kappa shape index (κ1) is 21.6. The van der Waals surface area contributed by atoms with Gasteiger partial charge in [0.1, 0.15) is 9.71 Å². The molecule has 0 aliphatic rings. The van der Waals surface area contributed by atoms with Gasteiger partial charge in [-0.25, -0.2) is 4.21 Å². The molecule has 1 heterocycles. The first-order valence-electron chi connectivity index (χ1n) is 9.14. The third-order valence-corrected chi connectivity index (χ3v) is 5.70. The number of benzene rings is 2. The van der Waals surface area contributed by atoms with Crippen molar-refractivity contribution in [2.24, 2.45) is 0 Å². The molecule has 3 aromatic rings. The predicted octanol–water partition coefficient (Wildman–Crippen LogP) is 4.73. The van der Waals surface area contributed by atoms with Crippen LogP contribution in [0.15, 0.2) is 66.7 Å². The standard InChI is InChI=1S/C21H21F3N4OS/c1-3-28(15-16-8-5-4-6-9-16)20-13-12-19(25-26-20)17-10-7-11-18(14-17)27-30(2,29)21(22,23)24/h4-14H,2-3,15H2,1H3,(H,27,29). The second kappa shape index (κ2) is 8.74. The van der Waals surface area contributed by atoms with Crippen molar-refractivity contribution in [2.45, 2.75) is 19.0 Å². The molecule has 0 amide bonds. The lowest BCUT2D eigenvalue weighted by atomic mass is 10.1. The first-order valence-corrected chi connectivity index (χ1v) is 10.9. The summed E-state index contributed by atoms with van der Waals surface area (Å²) in [6, 6.07) is 19.6. The summed E-state index contributed by atoms with van der Waals surface area (Å²) in [6.07, 6.45) is 0. The lowest BCUT2D eigenvalue weighted by Crippen LogP contribution is -2.29. The van der Waals surface area contributed by atoms with Crippen LogP contribution in [0.2, 0.25) is 0 Å². The monoisotopic (exact) mass is 434 g/mol. The zero-order chi connectivity index (χ0) is 21.8. The fourth-order valence-electron chi connectivity index (χ4n) is 2.80. The Kier molecular flexibility index (Phi) is 6.31. The minimum Gasteiger partial charge on any atom is -0.351 e. The van der Waals surface area contributed by atoms with Gasteiger partial charge in [-0.2, -0.15) is 13.2 Å². The summed E-state index contributed by atoms with van der Waals surface area (Å²) in [5.74, 6) is 3.46. The molecule has 0 bridgehead atoms. The van der Waals surface area contributed by atoms with Gasteiger partial charge >= 0.3 is 5.51 Å². The molecule has 5 nitrogen and oxygen atoms in total. The molecule has 158 valence electrons. The van der Waals surface area contributed by atoms with Gasteiger partial charge < -0.3 is 9.62 Å². The molecule has 0 saturated carbocycles. The van der Waals surface area contributed by atoms with Crippen molar-refractivity contribution in [1.29, 1.82) is 0 Å². The molecule has 0 aliphatic heterocycles. The number of nitrogens with zero attached hydrogens (tertiary/aromatic N) is 3. The van der Waals surface area contributed by atoms with Crippen molar-refractivity contribution >= 4 is 27.1 Å². The Balaban J connectivity index is 1.79. The smallest absolute Gasteiger partial charge is 0.351 e. The summed E-state index contributed by atoms with van der Waals surface area (Å²) in [5, 5.41) is 8.49. The van der Waals surface area contributed by atoms with Crippen LogP contribution in [0, 0.1) is 0 Å². The predicted molar refractivity (Wildman–Crippen MR) is 116 cm³/mol. The van der Waals surface area contributed by atoms with E-state index in [9.17, 15) is 17.4 Å². The van der Waals surface area contributed by atoms with E-state index in [1.54, 1.807) is 18.2 Å². The maximum atomic E-state index is 12.8. The van der Waals surface area contributed by atoms with Crippen LogP contribution in [0.3, 0.4) is 0 Å². The molecule has 1 atom stereocenters. The first-order chi connectivity index (χ1) is 14.2. The van der Waals surface area contributed by atoms with Crippen LogP contribution in [0.4, 0.5) is 24.7 Å². The van der Waals surface area contributed by atoms with E-state index in [0.29, 0.717) is 23.6 Å². The van der Waals surface area contributed by atoms with E-state index >= 15 is 0 Å². The van der Waals surface area contributed by atoms with E-state index < -0.39 is 15.2 Å². The number of anilines is 2. The van der Waals surface area contributed by atoms with Crippen molar-refractivity contribution in [3.63, 3.8) is 0 Å². The molecule has 1 N–H and O–H groups in total. The molecule has 0 saturated heterocycles. The van der Waals surface area contributed by atoms with E-state index in [1.165, 1.54) is 12.1 Å². The highest BCUT2D eigenvalue weighted by atomic mass is 32.2. The fraction of sp³-hybridized carbons (Fsp3) is 0.190. The average molecular weight is 434 g/mol. The second-order valence-corrected chi connectivity index (χ2v) is 8.60. The highest BCUT2D eigenvalue weighted by Crippen LogP contribution is 2.28. The number of halogens is 3. The Bertz CT molecular complexity index is 1090. The lowest BCUT2D eigenvalue weighted by molar-refractivity contribution is -0.0386. The minimum absolute atomic E-state index is 0.0370. The third-order valence-electron chi connectivity index (χ3n) is 4.39. The van der Waals surface area contributed by atoms with Gasteiger partial charge in [0.25, 0.3) is 0 Å². The summed E-state index contributed by atoms with van der Waals surface area (Å²) in [7, 11) is -4.49. The van der Waals surface area contributed by atoms with Gasteiger partial charge in [0.05, 0.1) is 5.69 Å². The number of rotatable bonds is 7. The average Bonchev–Trinajstić information content (AvgIpc) is 2.72. The number of alkyl halides is 3.